The molecule has 3 N–H and O–H groups in total. The number of likely N-dealkylation sites (tertiary alicyclic amines) is 4. The molecule has 4 saturated heterocycles. The van der Waals surface area contributed by atoms with Gasteiger partial charge in [0.2, 0.25) is 0 Å². The molecule has 4 aromatic rings. The first-order chi connectivity index (χ1) is 32.7. The Labute approximate surface area is 393 Å². The Morgan fingerprint density at radius 1 is 0.537 bits per heavy atom. The van der Waals surface area contributed by atoms with E-state index in [9.17, 15) is 29.1 Å². The minimum absolute atomic E-state index is 0.00554. The zero-order valence-corrected chi connectivity index (χ0v) is 38.5. The lowest BCUT2D eigenvalue weighted by Gasteiger charge is -2.29. The highest BCUT2D eigenvalue weighted by atomic mass is 16.4. The summed E-state index contributed by atoms with van der Waals surface area (Å²) in [6.45, 7) is 6.88. The van der Waals surface area contributed by atoms with Crippen LogP contribution in [0, 0.1) is 5.92 Å². The van der Waals surface area contributed by atoms with Gasteiger partial charge in [-0.05, 0) is 154 Å². The summed E-state index contributed by atoms with van der Waals surface area (Å²) in [5.41, 5.74) is 3.78. The number of carbonyl (C=O) groups is 5. The summed E-state index contributed by atoms with van der Waals surface area (Å²) in [5, 5.41) is 16.1. The molecule has 3 unspecified atom stereocenters. The Morgan fingerprint density at radius 2 is 1.06 bits per heavy atom. The molecule has 0 spiro atoms. The molecular formula is C53H64N8O6. The number of pyridine rings is 2. The van der Waals surface area contributed by atoms with Crippen LogP contribution in [-0.2, 0) is 11.3 Å². The molecule has 0 bridgehead atoms. The van der Waals surface area contributed by atoms with Crippen molar-refractivity contribution < 1.29 is 29.1 Å². The molecule has 4 aliphatic heterocycles. The number of aliphatic carboxylic acids is 1. The van der Waals surface area contributed by atoms with Crippen molar-refractivity contribution in [1.82, 2.24) is 40.2 Å². The van der Waals surface area contributed by atoms with Crippen molar-refractivity contribution in [2.45, 2.75) is 108 Å². The first kappa shape index (κ1) is 46.1. The average Bonchev–Trinajstić information content (AvgIpc) is 4.23. The van der Waals surface area contributed by atoms with E-state index >= 15 is 0 Å². The highest BCUT2D eigenvalue weighted by molar-refractivity contribution is 6.01. The van der Waals surface area contributed by atoms with Crippen molar-refractivity contribution in [2.24, 2.45) is 5.92 Å². The molecule has 5 fully saturated rings. The first-order valence-electron chi connectivity index (χ1n) is 24.7. The van der Waals surface area contributed by atoms with Gasteiger partial charge in [0.05, 0.1) is 0 Å². The molecule has 6 heterocycles. The van der Waals surface area contributed by atoms with E-state index < -0.39 is 23.8 Å². The third kappa shape index (κ3) is 11.1. The van der Waals surface area contributed by atoms with Gasteiger partial charge < -0.3 is 35.3 Å². The molecule has 14 heteroatoms. The number of benzene rings is 2. The van der Waals surface area contributed by atoms with Gasteiger partial charge in [-0.1, -0.05) is 67.8 Å². The number of rotatable bonds is 15. The van der Waals surface area contributed by atoms with Gasteiger partial charge >= 0.3 is 5.97 Å². The molecule has 2 aromatic heterocycles. The van der Waals surface area contributed by atoms with E-state index in [0.29, 0.717) is 37.1 Å². The Morgan fingerprint density at radius 3 is 1.61 bits per heavy atom. The highest BCUT2D eigenvalue weighted by Crippen LogP contribution is 2.31. The molecule has 1 saturated carbocycles. The quantitative estimate of drug-likeness (QED) is 0.114. The van der Waals surface area contributed by atoms with Crippen molar-refractivity contribution in [3.63, 3.8) is 0 Å². The summed E-state index contributed by atoms with van der Waals surface area (Å²) < 4.78 is 0. The summed E-state index contributed by atoms with van der Waals surface area (Å²) >= 11 is 0. The second-order valence-corrected chi connectivity index (χ2v) is 19.3. The number of nitrogens with one attached hydrogen (secondary N) is 2. The number of carboxylic acids is 1. The van der Waals surface area contributed by atoms with Crippen LogP contribution in [0.25, 0.3) is 22.3 Å². The molecule has 67 heavy (non-hydrogen) atoms. The van der Waals surface area contributed by atoms with Crippen LogP contribution >= 0.6 is 0 Å². The molecule has 14 nitrogen and oxygen atoms in total. The topological polar surface area (TPSA) is 168 Å². The van der Waals surface area contributed by atoms with E-state index in [1.807, 2.05) is 64.4 Å². The maximum atomic E-state index is 14.7. The zero-order valence-electron chi connectivity index (χ0n) is 38.5. The lowest BCUT2D eigenvalue weighted by atomic mass is 9.84. The van der Waals surface area contributed by atoms with Gasteiger partial charge in [-0.3, -0.25) is 19.2 Å². The number of carbonyl (C=O) groups excluding carboxylic acids is 4. The fourth-order valence-corrected chi connectivity index (χ4v) is 11.1. The number of carboxylic acid groups (broad SMARTS) is 1. The third-order valence-corrected chi connectivity index (χ3v) is 14.7. The molecule has 4 amide bonds. The minimum Gasteiger partial charge on any atom is -0.480 e. The number of nitrogens with zero attached hydrogens (tertiary/aromatic N) is 6. The SMILES string of the molecule is O=C(NCc1cccc(-c2ccccc2)c1)c1cc(-c2cc(C(=O)NC(C(=O)O)C3CCCCC3)nc(C(=O)N3CCCC3CN3CCCC3)c2)cc(C(=O)N2CCCC2CN2CCCC2)n1. The second-order valence-electron chi connectivity index (χ2n) is 19.3. The number of amides is 4. The number of aromatic nitrogens is 2. The Bertz CT molecular complexity index is 2430. The smallest absolute Gasteiger partial charge is 0.326 e. The first-order valence-corrected chi connectivity index (χ1v) is 24.7. The summed E-state index contributed by atoms with van der Waals surface area (Å²) in [7, 11) is 0. The van der Waals surface area contributed by atoms with Crippen molar-refractivity contribution in [3.8, 4) is 22.3 Å². The Balaban J connectivity index is 1.07. The predicted octanol–water partition coefficient (Wildman–Crippen LogP) is 6.90. The maximum Gasteiger partial charge on any atom is 0.326 e. The molecule has 5 aliphatic rings. The van der Waals surface area contributed by atoms with Crippen LogP contribution < -0.4 is 10.6 Å². The van der Waals surface area contributed by atoms with Gasteiger partial charge in [0.1, 0.15) is 28.8 Å². The van der Waals surface area contributed by atoms with Crippen LogP contribution in [0.2, 0.25) is 0 Å². The zero-order chi connectivity index (χ0) is 46.3. The average molecular weight is 909 g/mol. The summed E-state index contributed by atoms with van der Waals surface area (Å²) in [6.07, 6.45) is 12.2. The van der Waals surface area contributed by atoms with Crippen LogP contribution in [0.5, 0.6) is 0 Å². The third-order valence-electron chi connectivity index (χ3n) is 14.7. The second kappa shape index (κ2) is 21.3. The Kier molecular flexibility index (Phi) is 14.7. The normalized spacial score (nSPS) is 20.8. The fourth-order valence-electron chi connectivity index (χ4n) is 11.1. The van der Waals surface area contributed by atoms with E-state index in [1.54, 1.807) is 18.2 Å². The molecule has 3 atom stereocenters. The van der Waals surface area contributed by atoms with Gasteiger partial charge in [0.15, 0.2) is 0 Å². The maximum absolute atomic E-state index is 14.7. The molecule has 352 valence electrons. The van der Waals surface area contributed by atoms with Crippen LogP contribution in [0.15, 0.2) is 78.9 Å². The van der Waals surface area contributed by atoms with Crippen molar-refractivity contribution in [2.75, 3.05) is 52.4 Å². The van der Waals surface area contributed by atoms with Crippen LogP contribution in [-0.4, -0.2) is 135 Å². The molecule has 2 aromatic carbocycles. The van der Waals surface area contributed by atoms with Gasteiger partial charge in [0, 0.05) is 44.8 Å². The molecule has 0 radical (unpaired) electrons. The number of hydrogen-bond acceptors (Lipinski definition) is 9. The van der Waals surface area contributed by atoms with E-state index in [2.05, 4.69) is 25.4 Å². The summed E-state index contributed by atoms with van der Waals surface area (Å²) in [5.74, 6) is -3.13. The molecule has 9 rings (SSSR count). The standard InChI is InChI=1S/C53H64N8O6/c62-49(54-33-36-14-11-19-39(28-36)37-15-3-1-4-16-37)44-29-40(31-46(55-44)51(64)60-26-12-20-42(60)34-58-22-7-8-23-58)41-30-45(50(63)57-48(53(66)67)38-17-5-2-6-18-38)56-47(32-41)52(65)61-27-13-21-43(61)35-59-24-9-10-25-59/h1,3-4,11,14-16,19,28-32,38,42-43,48H,2,5-10,12-13,17-18,20-27,33-35H2,(H,54,62)(H,57,63)(H,66,67). The fraction of sp³-hybridized carbons (Fsp3) is 0.491. The van der Waals surface area contributed by atoms with Crippen molar-refractivity contribution >= 4 is 29.6 Å². The highest BCUT2D eigenvalue weighted by Gasteiger charge is 2.36. The van der Waals surface area contributed by atoms with Gasteiger partial charge in [0.25, 0.3) is 23.6 Å². The van der Waals surface area contributed by atoms with Crippen molar-refractivity contribution in [1.29, 1.82) is 0 Å². The van der Waals surface area contributed by atoms with Crippen LogP contribution in [0.1, 0.15) is 131 Å². The predicted molar refractivity (Wildman–Crippen MR) is 255 cm³/mol. The molecular weight excluding hydrogens is 845 g/mol. The lowest BCUT2D eigenvalue weighted by molar-refractivity contribution is -0.141. The number of hydrogen-bond donors (Lipinski definition) is 3. The van der Waals surface area contributed by atoms with Gasteiger partial charge in [-0.2, -0.15) is 0 Å². The summed E-state index contributed by atoms with van der Waals surface area (Å²) in [4.78, 5) is 88.6. The monoisotopic (exact) mass is 908 g/mol. The van der Waals surface area contributed by atoms with E-state index in [0.717, 1.165) is 127 Å². The lowest BCUT2D eigenvalue weighted by Crippen LogP contribution is -2.47. The Hall–Kier alpha value is -5.99. The van der Waals surface area contributed by atoms with E-state index in [1.165, 1.54) is 6.07 Å². The van der Waals surface area contributed by atoms with Gasteiger partial charge in [-0.25, -0.2) is 14.8 Å². The molecule has 1 aliphatic carbocycles. The van der Waals surface area contributed by atoms with Crippen molar-refractivity contribution in [3.05, 3.63) is 107 Å². The van der Waals surface area contributed by atoms with E-state index in [4.69, 9.17) is 4.98 Å². The van der Waals surface area contributed by atoms with Crippen LogP contribution in [0.3, 0.4) is 0 Å². The minimum atomic E-state index is -1.12. The van der Waals surface area contributed by atoms with Gasteiger partial charge in [-0.15, -0.1) is 0 Å². The van der Waals surface area contributed by atoms with Crippen LogP contribution in [0.4, 0.5) is 0 Å². The summed E-state index contributed by atoms with van der Waals surface area (Å²) in [6, 6.07) is 23.2. The van der Waals surface area contributed by atoms with E-state index in [-0.39, 0.29) is 59.1 Å². The largest absolute Gasteiger partial charge is 0.480 e.